The van der Waals surface area contributed by atoms with Gasteiger partial charge >= 0.3 is 18.0 Å². The molecule has 2 aliphatic rings. The minimum atomic E-state index is -0.777. The number of hydrogen-bond acceptors (Lipinski definition) is 5. The molecular formula is C23H31Cl2N5O4. The number of benzene rings is 1. The van der Waals surface area contributed by atoms with Crippen molar-refractivity contribution >= 4 is 41.2 Å². The van der Waals surface area contributed by atoms with Crippen molar-refractivity contribution in [2.75, 3.05) is 46.4 Å². The van der Waals surface area contributed by atoms with Gasteiger partial charge in [-0.15, -0.1) is 0 Å². The number of rotatable bonds is 6. The minimum Gasteiger partial charge on any atom is -0.463 e. The number of urea groups is 2. The maximum atomic E-state index is 13.1. The second-order valence-corrected chi connectivity index (χ2v) is 9.40. The van der Waals surface area contributed by atoms with E-state index < -0.39 is 12.0 Å². The van der Waals surface area contributed by atoms with E-state index in [2.05, 4.69) is 15.5 Å². The van der Waals surface area contributed by atoms with E-state index in [0.717, 1.165) is 0 Å². The molecule has 0 saturated carbocycles. The van der Waals surface area contributed by atoms with Gasteiger partial charge in [0, 0.05) is 61.6 Å². The van der Waals surface area contributed by atoms with Crippen LogP contribution in [0.25, 0.3) is 0 Å². The van der Waals surface area contributed by atoms with Crippen molar-refractivity contribution in [3.8, 4) is 0 Å². The van der Waals surface area contributed by atoms with Crippen molar-refractivity contribution in [3.63, 3.8) is 0 Å². The maximum Gasteiger partial charge on any atom is 0.338 e. The summed E-state index contributed by atoms with van der Waals surface area (Å²) in [5.41, 5.74) is 1.43. The summed E-state index contributed by atoms with van der Waals surface area (Å²) in [6, 6.07) is 3.78. The van der Waals surface area contributed by atoms with E-state index in [4.69, 9.17) is 27.9 Å². The van der Waals surface area contributed by atoms with Crippen LogP contribution in [-0.2, 0) is 9.53 Å². The third kappa shape index (κ3) is 5.95. The Kier molecular flexibility index (Phi) is 8.67. The Morgan fingerprint density at radius 3 is 2.47 bits per heavy atom. The van der Waals surface area contributed by atoms with Crippen molar-refractivity contribution in [3.05, 3.63) is 45.1 Å². The van der Waals surface area contributed by atoms with Gasteiger partial charge < -0.3 is 20.3 Å². The SMILES string of the molecule is CCOC(=O)C1=C(CN2CCN(C(=O)NC(C)C)CC2)N(C)C(=O)NC1c1ccc(Cl)cc1Cl. The lowest BCUT2D eigenvalue weighted by Gasteiger charge is -2.39. The average Bonchev–Trinajstić information content (AvgIpc) is 2.77. The van der Waals surface area contributed by atoms with Gasteiger partial charge in [-0.2, -0.15) is 0 Å². The molecule has 2 aliphatic heterocycles. The van der Waals surface area contributed by atoms with Crippen LogP contribution >= 0.6 is 23.2 Å². The molecular weight excluding hydrogens is 481 g/mol. The summed E-state index contributed by atoms with van der Waals surface area (Å²) in [5.74, 6) is -0.518. The maximum absolute atomic E-state index is 13.1. The molecule has 2 N–H and O–H groups in total. The molecule has 0 aliphatic carbocycles. The van der Waals surface area contributed by atoms with E-state index in [1.165, 1.54) is 4.90 Å². The van der Waals surface area contributed by atoms with Crippen molar-refractivity contribution in [1.82, 2.24) is 25.3 Å². The molecule has 1 aromatic carbocycles. The van der Waals surface area contributed by atoms with Gasteiger partial charge in [0.25, 0.3) is 0 Å². The Labute approximate surface area is 210 Å². The van der Waals surface area contributed by atoms with E-state index in [0.29, 0.717) is 59.6 Å². The van der Waals surface area contributed by atoms with Crippen molar-refractivity contribution < 1.29 is 19.1 Å². The highest BCUT2D eigenvalue weighted by Gasteiger charge is 2.38. The number of piperazine rings is 1. The normalized spacial score (nSPS) is 19.4. The number of carbonyl (C=O) groups excluding carboxylic acids is 3. The Hall–Kier alpha value is -2.49. The second kappa shape index (κ2) is 11.3. The van der Waals surface area contributed by atoms with Gasteiger partial charge in [0.05, 0.1) is 18.2 Å². The first-order valence-corrected chi connectivity index (χ1v) is 12.0. The first kappa shape index (κ1) is 26.1. The highest BCUT2D eigenvalue weighted by atomic mass is 35.5. The number of carbonyl (C=O) groups is 3. The molecule has 186 valence electrons. The van der Waals surface area contributed by atoms with Crippen LogP contribution in [0.4, 0.5) is 9.59 Å². The highest BCUT2D eigenvalue weighted by molar-refractivity contribution is 6.35. The quantitative estimate of drug-likeness (QED) is 0.571. The molecule has 2 heterocycles. The number of nitrogens with zero attached hydrogens (tertiary/aromatic N) is 3. The van der Waals surface area contributed by atoms with Crippen LogP contribution in [0.1, 0.15) is 32.4 Å². The number of ether oxygens (including phenoxy) is 1. The molecule has 1 fully saturated rings. The first-order chi connectivity index (χ1) is 16.1. The van der Waals surface area contributed by atoms with Gasteiger partial charge in [-0.25, -0.2) is 14.4 Å². The van der Waals surface area contributed by atoms with Crippen LogP contribution in [0.3, 0.4) is 0 Å². The number of nitrogens with one attached hydrogen (secondary N) is 2. The zero-order valence-corrected chi connectivity index (χ0v) is 21.4. The van der Waals surface area contributed by atoms with Crippen molar-refractivity contribution in [2.45, 2.75) is 32.9 Å². The molecule has 11 heteroatoms. The molecule has 0 bridgehead atoms. The molecule has 34 heavy (non-hydrogen) atoms. The fraction of sp³-hybridized carbons (Fsp3) is 0.522. The molecule has 1 saturated heterocycles. The lowest BCUT2D eigenvalue weighted by atomic mass is 9.94. The number of esters is 1. The topological polar surface area (TPSA) is 94.2 Å². The van der Waals surface area contributed by atoms with Crippen molar-refractivity contribution in [2.24, 2.45) is 0 Å². The van der Waals surface area contributed by atoms with E-state index in [1.807, 2.05) is 13.8 Å². The van der Waals surface area contributed by atoms with Gasteiger partial charge in [0.1, 0.15) is 0 Å². The molecule has 9 nitrogen and oxygen atoms in total. The van der Waals surface area contributed by atoms with Gasteiger partial charge in [-0.3, -0.25) is 9.80 Å². The minimum absolute atomic E-state index is 0.0637. The number of likely N-dealkylation sites (N-methyl/N-ethyl adjacent to an activating group) is 1. The highest BCUT2D eigenvalue weighted by Crippen LogP contribution is 2.36. The number of halogens is 2. The summed E-state index contributed by atoms with van der Waals surface area (Å²) in [6.45, 7) is 8.41. The summed E-state index contributed by atoms with van der Waals surface area (Å²) in [5, 5.41) is 6.56. The molecule has 0 radical (unpaired) electrons. The zero-order chi connectivity index (χ0) is 25.0. The van der Waals surface area contributed by atoms with Crippen LogP contribution in [-0.4, -0.2) is 85.2 Å². The largest absolute Gasteiger partial charge is 0.463 e. The van der Waals surface area contributed by atoms with Crippen LogP contribution < -0.4 is 10.6 Å². The molecule has 0 aromatic heterocycles. The van der Waals surface area contributed by atoms with Crippen LogP contribution in [0.2, 0.25) is 10.0 Å². The van der Waals surface area contributed by atoms with E-state index in [-0.39, 0.29) is 24.7 Å². The fourth-order valence-corrected chi connectivity index (χ4v) is 4.54. The lowest BCUT2D eigenvalue weighted by molar-refractivity contribution is -0.139. The molecule has 1 aromatic rings. The molecule has 0 spiro atoms. The molecule has 4 amide bonds. The van der Waals surface area contributed by atoms with E-state index >= 15 is 0 Å². The van der Waals surface area contributed by atoms with E-state index in [1.54, 1.807) is 37.1 Å². The number of amides is 4. The third-order valence-corrected chi connectivity index (χ3v) is 6.35. The fourth-order valence-electron chi connectivity index (χ4n) is 4.03. The third-order valence-electron chi connectivity index (χ3n) is 5.79. The summed E-state index contributed by atoms with van der Waals surface area (Å²) in [4.78, 5) is 43.6. The first-order valence-electron chi connectivity index (χ1n) is 11.3. The standard InChI is InChI=1S/C23H31Cl2N5O4/c1-5-34-21(31)19-18(13-29-8-10-30(11-9-29)23(33)26-14(2)3)28(4)22(32)27-20(19)16-7-6-15(24)12-17(16)25/h6-7,12,14,20H,5,8-11,13H2,1-4H3,(H,26,33)(H,27,32). The van der Waals surface area contributed by atoms with Gasteiger partial charge in [0.2, 0.25) is 0 Å². The smallest absolute Gasteiger partial charge is 0.338 e. The lowest BCUT2D eigenvalue weighted by Crippen LogP contribution is -2.55. The van der Waals surface area contributed by atoms with Gasteiger partial charge in [-0.1, -0.05) is 29.3 Å². The Bertz CT molecular complexity index is 976. The number of hydrogen-bond donors (Lipinski definition) is 2. The van der Waals surface area contributed by atoms with Gasteiger partial charge in [0.15, 0.2) is 0 Å². The van der Waals surface area contributed by atoms with Gasteiger partial charge in [-0.05, 0) is 38.5 Å². The van der Waals surface area contributed by atoms with Crippen LogP contribution in [0, 0.1) is 0 Å². The molecule has 1 atom stereocenters. The summed E-state index contributed by atoms with van der Waals surface area (Å²) >= 11 is 12.5. The summed E-state index contributed by atoms with van der Waals surface area (Å²) in [6.07, 6.45) is 0. The Morgan fingerprint density at radius 1 is 1.21 bits per heavy atom. The summed E-state index contributed by atoms with van der Waals surface area (Å²) in [7, 11) is 1.62. The molecule has 3 rings (SSSR count). The Balaban J connectivity index is 1.90. The predicted octanol–water partition coefficient (Wildman–Crippen LogP) is 3.24. The van der Waals surface area contributed by atoms with E-state index in [9.17, 15) is 14.4 Å². The summed E-state index contributed by atoms with van der Waals surface area (Å²) < 4.78 is 5.36. The second-order valence-electron chi connectivity index (χ2n) is 8.56. The van der Waals surface area contributed by atoms with Crippen molar-refractivity contribution in [1.29, 1.82) is 0 Å². The van der Waals surface area contributed by atoms with Crippen LogP contribution in [0.5, 0.6) is 0 Å². The monoisotopic (exact) mass is 511 g/mol. The Morgan fingerprint density at radius 2 is 1.88 bits per heavy atom. The molecule has 1 unspecified atom stereocenters. The zero-order valence-electron chi connectivity index (χ0n) is 19.9. The van der Waals surface area contributed by atoms with Crippen LogP contribution in [0.15, 0.2) is 29.5 Å². The predicted molar refractivity (Wildman–Crippen MR) is 131 cm³/mol. The average molecular weight is 512 g/mol.